The number of hydrogen-bond donors (Lipinski definition) is 1. The monoisotopic (exact) mass is 308 g/mol. The van der Waals surface area contributed by atoms with E-state index < -0.39 is 22.0 Å². The fourth-order valence-corrected chi connectivity index (χ4v) is 3.30. The Kier molecular flexibility index (Phi) is 4.02. The number of pyridine rings is 1. The number of rotatable bonds is 3. The Morgan fingerprint density at radius 3 is 2.86 bits per heavy atom. The molecule has 0 saturated carbocycles. The number of piperidine rings is 1. The summed E-state index contributed by atoms with van der Waals surface area (Å²) in [5.74, 6) is -0.966. The largest absolute Gasteiger partial charge is 0.284 e. The lowest BCUT2D eigenvalue weighted by Crippen LogP contribution is -2.52. The van der Waals surface area contributed by atoms with E-state index in [0.29, 0.717) is 0 Å². The predicted molar refractivity (Wildman–Crippen MR) is 70.1 cm³/mol. The molecule has 1 saturated heterocycles. The summed E-state index contributed by atoms with van der Waals surface area (Å²) in [7, 11) is -2.77. The molecule has 1 aliphatic rings. The zero-order chi connectivity index (χ0) is 15.6. The third kappa shape index (κ3) is 2.91. The van der Waals surface area contributed by atoms with Gasteiger partial charge in [-0.25, -0.2) is 13.4 Å². The average molecular weight is 308 g/mol. The van der Waals surface area contributed by atoms with Crippen LogP contribution in [0.2, 0.25) is 0 Å². The van der Waals surface area contributed by atoms with Gasteiger partial charge in [-0.3, -0.25) is 14.5 Å². The number of carbonyl (C=O) groups excluding carboxylic acids is 2. The SMILES string of the molecule is CN1C(=O)CCC(NS(=O)(=O)c2cccnc2C#N)C1=O. The van der Waals surface area contributed by atoms with Gasteiger partial charge in [0.05, 0.1) is 0 Å². The number of nitriles is 1. The van der Waals surface area contributed by atoms with Gasteiger partial charge in [-0.05, 0) is 18.6 Å². The zero-order valence-corrected chi connectivity index (χ0v) is 11.9. The molecule has 1 aromatic heterocycles. The van der Waals surface area contributed by atoms with Gasteiger partial charge in [0.15, 0.2) is 5.69 Å². The Labute approximate surface area is 121 Å². The summed E-state index contributed by atoms with van der Waals surface area (Å²) in [6.07, 6.45) is 1.47. The maximum absolute atomic E-state index is 12.3. The maximum atomic E-state index is 12.3. The third-order valence-corrected chi connectivity index (χ3v) is 4.62. The minimum absolute atomic E-state index is 0.0770. The molecule has 1 aliphatic heterocycles. The number of sulfonamides is 1. The summed E-state index contributed by atoms with van der Waals surface area (Å²) in [6.45, 7) is 0. The van der Waals surface area contributed by atoms with E-state index in [1.165, 1.54) is 25.4 Å². The number of likely N-dealkylation sites (N-methyl/N-ethyl adjacent to an activating group) is 1. The van der Waals surface area contributed by atoms with Gasteiger partial charge >= 0.3 is 0 Å². The van der Waals surface area contributed by atoms with Crippen LogP contribution in [0.25, 0.3) is 0 Å². The average Bonchev–Trinajstić information content (AvgIpc) is 2.48. The second-order valence-corrected chi connectivity index (χ2v) is 6.15. The van der Waals surface area contributed by atoms with Crippen molar-refractivity contribution < 1.29 is 18.0 Å². The van der Waals surface area contributed by atoms with Crippen LogP contribution in [0, 0.1) is 11.3 Å². The first-order chi connectivity index (χ1) is 9.86. The van der Waals surface area contributed by atoms with Gasteiger partial charge in [0, 0.05) is 19.7 Å². The number of imide groups is 1. The first-order valence-electron chi connectivity index (χ1n) is 6.04. The van der Waals surface area contributed by atoms with E-state index in [1.54, 1.807) is 6.07 Å². The normalized spacial score (nSPS) is 19.4. The molecule has 9 heteroatoms. The number of amides is 2. The van der Waals surface area contributed by atoms with Crippen molar-refractivity contribution in [2.75, 3.05) is 7.05 Å². The standard InChI is InChI=1S/C12H12N4O4S/c1-16-11(17)5-4-8(12(16)18)15-21(19,20)10-3-2-6-14-9(10)7-13/h2-3,6,8,15H,4-5H2,1H3. The number of carbonyl (C=O) groups is 2. The van der Waals surface area contributed by atoms with Crippen LogP contribution in [0.3, 0.4) is 0 Å². The number of aromatic nitrogens is 1. The summed E-state index contributed by atoms with van der Waals surface area (Å²) >= 11 is 0. The molecule has 1 fully saturated rings. The first-order valence-corrected chi connectivity index (χ1v) is 7.53. The summed E-state index contributed by atoms with van der Waals surface area (Å²) in [6, 6.07) is 3.28. The second-order valence-electron chi connectivity index (χ2n) is 4.47. The topological polar surface area (TPSA) is 120 Å². The van der Waals surface area contributed by atoms with Crippen LogP contribution in [-0.4, -0.2) is 43.2 Å². The Hall–Kier alpha value is -2.31. The molecule has 0 aromatic carbocycles. The summed E-state index contributed by atoms with van der Waals surface area (Å²) in [5, 5.41) is 8.89. The van der Waals surface area contributed by atoms with Crippen LogP contribution in [0.5, 0.6) is 0 Å². The summed E-state index contributed by atoms with van der Waals surface area (Å²) < 4.78 is 26.7. The number of hydrogen-bond acceptors (Lipinski definition) is 6. The van der Waals surface area contributed by atoms with Gasteiger partial charge in [0.25, 0.3) is 0 Å². The van der Waals surface area contributed by atoms with Crippen molar-refractivity contribution >= 4 is 21.8 Å². The Bertz CT molecular complexity index is 738. The van der Waals surface area contributed by atoms with Crippen molar-refractivity contribution in [3.05, 3.63) is 24.0 Å². The van der Waals surface area contributed by atoms with Gasteiger partial charge in [0.2, 0.25) is 21.8 Å². The molecule has 2 heterocycles. The highest BCUT2D eigenvalue weighted by Crippen LogP contribution is 2.17. The van der Waals surface area contributed by atoms with E-state index in [0.717, 1.165) is 4.90 Å². The summed E-state index contributed by atoms with van der Waals surface area (Å²) in [4.78, 5) is 27.5. The molecular formula is C12H12N4O4S. The molecule has 0 radical (unpaired) electrons. The smallest absolute Gasteiger partial charge is 0.247 e. The van der Waals surface area contributed by atoms with Crippen molar-refractivity contribution in [1.29, 1.82) is 5.26 Å². The molecule has 0 aliphatic carbocycles. The molecule has 0 bridgehead atoms. The number of nitrogens with zero attached hydrogens (tertiary/aromatic N) is 3. The van der Waals surface area contributed by atoms with Gasteiger partial charge in [-0.15, -0.1) is 0 Å². The molecule has 21 heavy (non-hydrogen) atoms. The number of likely N-dealkylation sites (tertiary alicyclic amines) is 1. The van der Waals surface area contributed by atoms with Gasteiger partial charge < -0.3 is 0 Å². The van der Waals surface area contributed by atoms with Crippen LogP contribution in [0.15, 0.2) is 23.2 Å². The molecule has 1 unspecified atom stereocenters. The van der Waals surface area contributed by atoms with Crippen LogP contribution in [-0.2, 0) is 19.6 Å². The van der Waals surface area contributed by atoms with E-state index in [1.807, 2.05) is 0 Å². The van der Waals surface area contributed by atoms with Crippen LogP contribution in [0.1, 0.15) is 18.5 Å². The maximum Gasteiger partial charge on any atom is 0.247 e. The fraction of sp³-hybridized carbons (Fsp3) is 0.333. The molecular weight excluding hydrogens is 296 g/mol. The lowest BCUT2D eigenvalue weighted by molar-refractivity contribution is -0.147. The van der Waals surface area contributed by atoms with E-state index >= 15 is 0 Å². The molecule has 1 atom stereocenters. The predicted octanol–water partition coefficient (Wildman–Crippen LogP) is -0.621. The summed E-state index contributed by atoms with van der Waals surface area (Å²) in [5.41, 5.74) is -0.252. The van der Waals surface area contributed by atoms with Gasteiger partial charge in [0.1, 0.15) is 17.0 Å². The molecule has 110 valence electrons. The molecule has 2 rings (SSSR count). The van der Waals surface area contributed by atoms with E-state index in [4.69, 9.17) is 5.26 Å². The van der Waals surface area contributed by atoms with Crippen molar-refractivity contribution in [2.24, 2.45) is 0 Å². The van der Waals surface area contributed by atoms with E-state index in [9.17, 15) is 18.0 Å². The van der Waals surface area contributed by atoms with Crippen molar-refractivity contribution in [3.63, 3.8) is 0 Å². The quantitative estimate of drug-likeness (QED) is 0.743. The Morgan fingerprint density at radius 1 is 1.48 bits per heavy atom. The minimum atomic E-state index is -4.07. The van der Waals surface area contributed by atoms with Crippen molar-refractivity contribution in [1.82, 2.24) is 14.6 Å². The first kappa shape index (κ1) is 15.1. The molecule has 1 N–H and O–H groups in total. The minimum Gasteiger partial charge on any atom is -0.284 e. The fourth-order valence-electron chi connectivity index (χ4n) is 1.97. The lowest BCUT2D eigenvalue weighted by Gasteiger charge is -2.27. The second kappa shape index (κ2) is 5.59. The Morgan fingerprint density at radius 2 is 2.19 bits per heavy atom. The molecule has 8 nitrogen and oxygen atoms in total. The third-order valence-electron chi connectivity index (χ3n) is 3.11. The van der Waals surface area contributed by atoms with Crippen LogP contribution in [0.4, 0.5) is 0 Å². The van der Waals surface area contributed by atoms with Gasteiger partial charge in [-0.2, -0.15) is 9.98 Å². The zero-order valence-electron chi connectivity index (χ0n) is 11.1. The highest BCUT2D eigenvalue weighted by atomic mass is 32.2. The number of nitrogens with one attached hydrogen (secondary N) is 1. The van der Waals surface area contributed by atoms with E-state index in [-0.39, 0.29) is 29.3 Å². The molecule has 1 aromatic rings. The van der Waals surface area contributed by atoms with Gasteiger partial charge in [-0.1, -0.05) is 0 Å². The van der Waals surface area contributed by atoms with E-state index in [2.05, 4.69) is 9.71 Å². The molecule has 2 amide bonds. The lowest BCUT2D eigenvalue weighted by atomic mass is 10.1. The highest BCUT2D eigenvalue weighted by Gasteiger charge is 2.35. The van der Waals surface area contributed by atoms with Crippen molar-refractivity contribution in [3.8, 4) is 6.07 Å². The van der Waals surface area contributed by atoms with Crippen LogP contribution >= 0.6 is 0 Å². The molecule has 0 spiro atoms. The van der Waals surface area contributed by atoms with Crippen molar-refractivity contribution in [2.45, 2.75) is 23.8 Å². The van der Waals surface area contributed by atoms with Crippen LogP contribution < -0.4 is 4.72 Å². The highest BCUT2D eigenvalue weighted by molar-refractivity contribution is 7.89. The Balaban J connectivity index is 2.28.